The number of ether oxygens (including phenoxy) is 1. The molecule has 0 spiro atoms. The van der Waals surface area contributed by atoms with E-state index in [0.717, 1.165) is 30.9 Å². The molecule has 2 aliphatic heterocycles. The van der Waals surface area contributed by atoms with Gasteiger partial charge in [-0.25, -0.2) is 0 Å². The van der Waals surface area contributed by atoms with Crippen molar-refractivity contribution in [1.29, 1.82) is 5.26 Å². The summed E-state index contributed by atoms with van der Waals surface area (Å²) < 4.78 is 7.16. The second-order valence-electron chi connectivity index (χ2n) is 8.74. The Morgan fingerprint density at radius 3 is 2.53 bits per heavy atom. The number of nitriles is 1. The first-order valence-electron chi connectivity index (χ1n) is 10.8. The van der Waals surface area contributed by atoms with Gasteiger partial charge in [0.15, 0.2) is 0 Å². The van der Waals surface area contributed by atoms with E-state index in [9.17, 15) is 14.9 Å². The summed E-state index contributed by atoms with van der Waals surface area (Å²) >= 11 is 6.71. The Hall–Kier alpha value is -2.15. The highest BCUT2D eigenvalue weighted by Gasteiger charge is 2.33. The third kappa shape index (κ3) is 4.77. The molecule has 0 aromatic carbocycles. The Balaban J connectivity index is 2.10. The van der Waals surface area contributed by atoms with Gasteiger partial charge in [-0.3, -0.25) is 19.1 Å². The number of anilines is 1. The van der Waals surface area contributed by atoms with Crippen LogP contribution in [0.25, 0.3) is 6.08 Å². The molecule has 3 heterocycles. The summed E-state index contributed by atoms with van der Waals surface area (Å²) in [5.74, 6) is 1.58. The number of piperidine rings is 1. The molecule has 1 aromatic rings. The maximum Gasteiger partial charge on any atom is 0.270 e. The quantitative estimate of drug-likeness (QED) is 0.356. The summed E-state index contributed by atoms with van der Waals surface area (Å²) in [6.07, 6.45) is 3.64. The Morgan fingerprint density at radius 1 is 1.28 bits per heavy atom. The minimum absolute atomic E-state index is 0.108. The number of rotatable bonds is 6. The third-order valence-electron chi connectivity index (χ3n) is 6.02. The molecule has 0 saturated carbocycles. The zero-order valence-corrected chi connectivity index (χ0v) is 20.9. The first kappa shape index (κ1) is 24.5. The second kappa shape index (κ2) is 10.2. The van der Waals surface area contributed by atoms with E-state index < -0.39 is 0 Å². The average molecular weight is 475 g/mol. The molecular weight excluding hydrogens is 444 g/mol. The van der Waals surface area contributed by atoms with Crippen LogP contribution in [0.3, 0.4) is 0 Å². The van der Waals surface area contributed by atoms with E-state index in [1.165, 1.54) is 11.8 Å². The highest BCUT2D eigenvalue weighted by molar-refractivity contribution is 8.26. The second-order valence-corrected chi connectivity index (χ2v) is 10.4. The maximum absolute atomic E-state index is 13.1. The fraction of sp³-hybridized carbons (Fsp3) is 0.565. The molecule has 0 radical (unpaired) electrons. The molecule has 1 amide bonds. The number of pyridine rings is 1. The van der Waals surface area contributed by atoms with Crippen molar-refractivity contribution in [2.75, 3.05) is 38.3 Å². The van der Waals surface area contributed by atoms with Gasteiger partial charge in [0.05, 0.1) is 4.91 Å². The molecule has 172 valence electrons. The van der Waals surface area contributed by atoms with Crippen molar-refractivity contribution in [2.24, 2.45) is 18.9 Å². The summed E-state index contributed by atoms with van der Waals surface area (Å²) in [5.41, 5.74) is 1.13. The van der Waals surface area contributed by atoms with Crippen LogP contribution in [0.1, 0.15) is 43.4 Å². The van der Waals surface area contributed by atoms with Gasteiger partial charge in [0.1, 0.15) is 21.8 Å². The van der Waals surface area contributed by atoms with E-state index in [4.69, 9.17) is 17.0 Å². The lowest BCUT2D eigenvalue weighted by Crippen LogP contribution is -2.42. The number of nitrogens with zero attached hydrogens (tertiary/aromatic N) is 4. The lowest BCUT2D eigenvalue weighted by atomic mass is 9.91. The van der Waals surface area contributed by atoms with E-state index in [0.29, 0.717) is 46.2 Å². The number of thiocarbonyl (C=S) groups is 1. The number of carbonyl (C=O) groups excluding carboxylic acids is 1. The molecule has 2 unspecified atom stereocenters. The molecule has 2 aliphatic rings. The minimum atomic E-state index is -0.310. The molecule has 0 bridgehead atoms. The van der Waals surface area contributed by atoms with Gasteiger partial charge in [0, 0.05) is 46.0 Å². The molecule has 2 fully saturated rings. The van der Waals surface area contributed by atoms with E-state index in [2.05, 4.69) is 24.8 Å². The first-order valence-corrected chi connectivity index (χ1v) is 12.0. The van der Waals surface area contributed by atoms with Gasteiger partial charge in [0.25, 0.3) is 11.5 Å². The minimum Gasteiger partial charge on any atom is -0.385 e. The Labute approximate surface area is 199 Å². The van der Waals surface area contributed by atoms with Crippen LogP contribution in [0.5, 0.6) is 0 Å². The number of amides is 1. The van der Waals surface area contributed by atoms with Crippen molar-refractivity contribution in [1.82, 2.24) is 9.47 Å². The van der Waals surface area contributed by atoms with Crippen molar-refractivity contribution in [3.05, 3.63) is 31.9 Å². The predicted molar refractivity (Wildman–Crippen MR) is 133 cm³/mol. The van der Waals surface area contributed by atoms with Crippen molar-refractivity contribution >= 4 is 46.1 Å². The number of hydrogen-bond donors (Lipinski definition) is 0. The molecule has 1 aromatic heterocycles. The molecule has 0 N–H and O–H groups in total. The van der Waals surface area contributed by atoms with Crippen LogP contribution >= 0.6 is 24.0 Å². The van der Waals surface area contributed by atoms with Crippen LogP contribution < -0.4 is 10.5 Å². The molecule has 2 atom stereocenters. The van der Waals surface area contributed by atoms with E-state index in [-0.39, 0.29) is 17.0 Å². The summed E-state index contributed by atoms with van der Waals surface area (Å²) in [7, 11) is 3.33. The Kier molecular flexibility index (Phi) is 7.80. The average Bonchev–Trinajstić information content (AvgIpc) is 2.99. The van der Waals surface area contributed by atoms with Crippen molar-refractivity contribution < 1.29 is 9.53 Å². The summed E-state index contributed by atoms with van der Waals surface area (Å²) in [5, 5.41) is 9.64. The van der Waals surface area contributed by atoms with Gasteiger partial charge in [0.2, 0.25) is 0 Å². The number of aromatic nitrogens is 1. The number of thioether (sulfide) groups is 1. The van der Waals surface area contributed by atoms with Crippen LogP contribution in [0.15, 0.2) is 9.70 Å². The van der Waals surface area contributed by atoms with Crippen LogP contribution in [0, 0.1) is 30.1 Å². The maximum atomic E-state index is 13.1. The normalized spacial score (nSPS) is 22.7. The summed E-state index contributed by atoms with van der Waals surface area (Å²) in [6, 6.07) is 2.06. The first-order chi connectivity index (χ1) is 15.2. The van der Waals surface area contributed by atoms with Crippen LogP contribution in [0.4, 0.5) is 5.82 Å². The molecule has 32 heavy (non-hydrogen) atoms. The van der Waals surface area contributed by atoms with Gasteiger partial charge in [-0.05, 0) is 43.2 Å². The van der Waals surface area contributed by atoms with Crippen LogP contribution in [0.2, 0.25) is 0 Å². The van der Waals surface area contributed by atoms with Gasteiger partial charge >= 0.3 is 0 Å². The summed E-state index contributed by atoms with van der Waals surface area (Å²) in [6.45, 7) is 8.90. The van der Waals surface area contributed by atoms with E-state index >= 15 is 0 Å². The van der Waals surface area contributed by atoms with Crippen LogP contribution in [-0.4, -0.2) is 53.0 Å². The molecular formula is C23H30N4O3S2. The highest BCUT2D eigenvalue weighted by atomic mass is 32.2. The van der Waals surface area contributed by atoms with E-state index in [1.807, 2.05) is 6.08 Å². The lowest BCUT2D eigenvalue weighted by molar-refractivity contribution is -0.122. The van der Waals surface area contributed by atoms with Crippen molar-refractivity contribution in [3.63, 3.8) is 0 Å². The van der Waals surface area contributed by atoms with Crippen molar-refractivity contribution in [2.45, 2.75) is 33.6 Å². The van der Waals surface area contributed by atoms with Crippen LogP contribution in [-0.2, 0) is 16.6 Å². The van der Waals surface area contributed by atoms with Gasteiger partial charge in [-0.2, -0.15) is 5.26 Å². The summed E-state index contributed by atoms with van der Waals surface area (Å²) in [4.78, 5) is 30.3. The topological polar surface area (TPSA) is 78.6 Å². The van der Waals surface area contributed by atoms with Crippen molar-refractivity contribution in [3.8, 4) is 6.07 Å². The Morgan fingerprint density at radius 2 is 1.94 bits per heavy atom. The zero-order valence-electron chi connectivity index (χ0n) is 19.3. The molecule has 0 aliphatic carbocycles. The van der Waals surface area contributed by atoms with Gasteiger partial charge in [-0.15, -0.1) is 0 Å². The largest absolute Gasteiger partial charge is 0.385 e. The Bertz CT molecular complexity index is 1050. The number of methoxy groups -OCH3 is 1. The van der Waals surface area contributed by atoms with E-state index in [1.54, 1.807) is 30.5 Å². The SMILES string of the molecule is COCCCN1C(=O)/C(=C/c2c(C)c(C#N)c(=O)n(C)c2N2CC(C)CC(C)C2)SC1=S. The zero-order chi connectivity index (χ0) is 23.6. The highest BCUT2D eigenvalue weighted by Crippen LogP contribution is 2.37. The lowest BCUT2D eigenvalue weighted by Gasteiger charge is -2.38. The molecule has 2 saturated heterocycles. The monoisotopic (exact) mass is 474 g/mol. The standard InChI is InChI=1S/C23H30N4O3S2/c1-14-9-15(2)13-26(12-14)20-17(16(3)18(11-24)21(28)25(20)4)10-19-22(29)27(23(31)32-19)7-6-8-30-5/h10,14-15H,6-9,12-13H2,1-5H3/b19-10-. The van der Waals surface area contributed by atoms with Gasteiger partial charge < -0.3 is 9.64 Å². The van der Waals surface area contributed by atoms with Gasteiger partial charge in [-0.1, -0.05) is 37.8 Å². The fourth-order valence-corrected chi connectivity index (χ4v) is 5.91. The molecule has 3 rings (SSSR count). The fourth-order valence-electron chi connectivity index (χ4n) is 4.62. The number of carbonyl (C=O) groups is 1. The number of hydrogen-bond acceptors (Lipinski definition) is 7. The third-order valence-corrected chi connectivity index (χ3v) is 7.39. The molecule has 9 heteroatoms. The molecule has 7 nitrogen and oxygen atoms in total. The predicted octanol–water partition coefficient (Wildman–Crippen LogP) is 3.29. The smallest absolute Gasteiger partial charge is 0.270 e.